The molecule has 0 aliphatic heterocycles. The lowest BCUT2D eigenvalue weighted by Crippen LogP contribution is -2.14. The molecule has 1 N–H and O–H groups in total. The maximum absolute atomic E-state index is 13.0. The third-order valence-electron chi connectivity index (χ3n) is 3.58. The molecule has 0 atom stereocenters. The third kappa shape index (κ3) is 3.85. The van der Waals surface area contributed by atoms with Crippen molar-refractivity contribution in [2.45, 2.75) is 6.18 Å². The van der Waals surface area contributed by atoms with Crippen LogP contribution in [0, 0.1) is 0 Å². The van der Waals surface area contributed by atoms with E-state index < -0.39 is 17.6 Å². The highest BCUT2D eigenvalue weighted by Gasteiger charge is 2.31. The number of amides is 1. The molecular weight excluding hydrogens is 329 g/mol. The predicted octanol–water partition coefficient (Wildman–Crippen LogP) is 5.02. The zero-order chi connectivity index (χ0) is 17.9. The Balaban J connectivity index is 2.02. The van der Waals surface area contributed by atoms with Gasteiger partial charge in [0, 0.05) is 17.4 Å². The fourth-order valence-corrected chi connectivity index (χ4v) is 2.37. The Hall–Kier alpha value is -3.15. The molecule has 0 fully saturated rings. The topological polar surface area (TPSA) is 42.0 Å². The molecule has 0 saturated carbocycles. The Bertz CT molecular complexity index is 878. The molecule has 1 aromatic heterocycles. The first-order valence-corrected chi connectivity index (χ1v) is 7.44. The zero-order valence-corrected chi connectivity index (χ0v) is 12.9. The second-order valence-corrected chi connectivity index (χ2v) is 5.29. The van der Waals surface area contributed by atoms with E-state index in [1.54, 1.807) is 42.5 Å². The summed E-state index contributed by atoms with van der Waals surface area (Å²) in [6, 6.07) is 16.7. The van der Waals surface area contributed by atoms with E-state index in [-0.39, 0.29) is 11.4 Å². The smallest absolute Gasteiger partial charge is 0.320 e. The third-order valence-corrected chi connectivity index (χ3v) is 3.58. The van der Waals surface area contributed by atoms with Crippen LogP contribution in [-0.4, -0.2) is 10.9 Å². The number of pyridine rings is 1. The van der Waals surface area contributed by atoms with Gasteiger partial charge in [-0.25, -0.2) is 0 Å². The summed E-state index contributed by atoms with van der Waals surface area (Å²) in [6.45, 7) is 0. The molecule has 1 heterocycles. The van der Waals surface area contributed by atoms with Crippen LogP contribution < -0.4 is 5.32 Å². The van der Waals surface area contributed by atoms with E-state index >= 15 is 0 Å². The van der Waals surface area contributed by atoms with Crippen LogP contribution in [0.1, 0.15) is 16.1 Å². The van der Waals surface area contributed by atoms with Crippen molar-refractivity contribution < 1.29 is 18.0 Å². The Kier molecular flexibility index (Phi) is 4.52. The van der Waals surface area contributed by atoms with Crippen LogP contribution >= 0.6 is 0 Å². The molecule has 2 aromatic carbocycles. The van der Waals surface area contributed by atoms with E-state index in [1.165, 1.54) is 18.3 Å². The zero-order valence-electron chi connectivity index (χ0n) is 12.9. The van der Waals surface area contributed by atoms with Crippen LogP contribution in [0.5, 0.6) is 0 Å². The fourth-order valence-electron chi connectivity index (χ4n) is 2.37. The molecule has 0 radical (unpaired) electrons. The molecule has 25 heavy (non-hydrogen) atoms. The van der Waals surface area contributed by atoms with E-state index in [0.717, 1.165) is 12.1 Å². The first kappa shape index (κ1) is 16.7. The number of nitrogens with zero attached hydrogens (tertiary/aromatic N) is 1. The van der Waals surface area contributed by atoms with Gasteiger partial charge in [0.1, 0.15) is 5.69 Å². The van der Waals surface area contributed by atoms with Crippen molar-refractivity contribution in [3.63, 3.8) is 0 Å². The molecule has 0 bridgehead atoms. The number of alkyl halides is 3. The molecule has 0 unspecified atom stereocenters. The maximum atomic E-state index is 13.0. The summed E-state index contributed by atoms with van der Waals surface area (Å²) in [5.41, 5.74) is 0.558. The molecule has 3 nitrogen and oxygen atoms in total. The summed E-state index contributed by atoms with van der Waals surface area (Å²) in [5.74, 6) is -0.488. The largest absolute Gasteiger partial charge is 0.416 e. The van der Waals surface area contributed by atoms with Crippen LogP contribution in [0.2, 0.25) is 0 Å². The Morgan fingerprint density at radius 1 is 0.920 bits per heavy atom. The lowest BCUT2D eigenvalue weighted by atomic mass is 10.0. The average molecular weight is 342 g/mol. The van der Waals surface area contributed by atoms with E-state index in [2.05, 4.69) is 10.3 Å². The molecule has 126 valence electrons. The molecule has 0 aliphatic carbocycles. The quantitative estimate of drug-likeness (QED) is 0.726. The van der Waals surface area contributed by atoms with Crippen molar-refractivity contribution in [3.8, 4) is 11.1 Å². The average Bonchev–Trinajstić information content (AvgIpc) is 2.62. The minimum atomic E-state index is -4.47. The van der Waals surface area contributed by atoms with Gasteiger partial charge in [-0.05, 0) is 35.9 Å². The van der Waals surface area contributed by atoms with Gasteiger partial charge in [-0.3, -0.25) is 9.78 Å². The van der Waals surface area contributed by atoms with E-state index in [1.807, 2.05) is 0 Å². The minimum absolute atomic E-state index is 0.182. The van der Waals surface area contributed by atoms with Gasteiger partial charge in [-0.15, -0.1) is 0 Å². The van der Waals surface area contributed by atoms with Crippen LogP contribution in [-0.2, 0) is 6.18 Å². The molecule has 0 aliphatic rings. The standard InChI is InChI=1S/C19H13F3N2O/c20-19(21,22)14-9-10-16(15(12-14)13-6-2-1-3-7-13)24-18(25)17-8-4-5-11-23-17/h1-12H,(H,24,25). The van der Waals surface area contributed by atoms with E-state index in [4.69, 9.17) is 0 Å². The van der Waals surface area contributed by atoms with Crippen molar-refractivity contribution in [2.75, 3.05) is 5.32 Å². The van der Waals surface area contributed by atoms with Gasteiger partial charge >= 0.3 is 6.18 Å². The van der Waals surface area contributed by atoms with Gasteiger partial charge in [0.2, 0.25) is 0 Å². The number of rotatable bonds is 3. The van der Waals surface area contributed by atoms with Gasteiger partial charge in [0.25, 0.3) is 5.91 Å². The Morgan fingerprint density at radius 2 is 1.64 bits per heavy atom. The highest BCUT2D eigenvalue weighted by Crippen LogP contribution is 2.36. The predicted molar refractivity (Wildman–Crippen MR) is 89.1 cm³/mol. The Labute approximate surface area is 142 Å². The van der Waals surface area contributed by atoms with Crippen molar-refractivity contribution in [1.82, 2.24) is 4.98 Å². The van der Waals surface area contributed by atoms with Crippen LogP contribution in [0.4, 0.5) is 18.9 Å². The Morgan fingerprint density at radius 3 is 2.28 bits per heavy atom. The second kappa shape index (κ2) is 6.76. The SMILES string of the molecule is O=C(Nc1ccc(C(F)(F)F)cc1-c1ccccc1)c1ccccn1. The van der Waals surface area contributed by atoms with Crippen molar-refractivity contribution in [1.29, 1.82) is 0 Å². The number of halogens is 3. The number of nitrogens with one attached hydrogen (secondary N) is 1. The van der Waals surface area contributed by atoms with Crippen LogP contribution in [0.15, 0.2) is 72.9 Å². The molecule has 3 rings (SSSR count). The number of hydrogen-bond donors (Lipinski definition) is 1. The number of carbonyl (C=O) groups excluding carboxylic acids is 1. The van der Waals surface area contributed by atoms with Crippen molar-refractivity contribution in [2.24, 2.45) is 0 Å². The lowest BCUT2D eigenvalue weighted by molar-refractivity contribution is -0.137. The van der Waals surface area contributed by atoms with Gasteiger partial charge in [0.05, 0.1) is 5.56 Å². The molecule has 1 amide bonds. The van der Waals surface area contributed by atoms with Gasteiger partial charge in [-0.2, -0.15) is 13.2 Å². The second-order valence-electron chi connectivity index (χ2n) is 5.29. The number of hydrogen-bond acceptors (Lipinski definition) is 2. The summed E-state index contributed by atoms with van der Waals surface area (Å²) in [6.07, 6.45) is -2.99. The summed E-state index contributed by atoms with van der Waals surface area (Å²) >= 11 is 0. The van der Waals surface area contributed by atoms with Crippen molar-refractivity contribution in [3.05, 3.63) is 84.2 Å². The molecule has 0 saturated heterocycles. The maximum Gasteiger partial charge on any atom is 0.416 e. The summed E-state index contributed by atoms with van der Waals surface area (Å²) in [7, 11) is 0. The summed E-state index contributed by atoms with van der Waals surface area (Å²) in [5, 5.41) is 2.64. The number of benzene rings is 2. The van der Waals surface area contributed by atoms with Gasteiger partial charge in [0.15, 0.2) is 0 Å². The molecule has 3 aromatic rings. The highest BCUT2D eigenvalue weighted by molar-refractivity contribution is 6.05. The number of carbonyl (C=O) groups is 1. The first-order valence-electron chi connectivity index (χ1n) is 7.44. The summed E-state index contributed by atoms with van der Waals surface area (Å²) < 4.78 is 39.1. The van der Waals surface area contributed by atoms with Crippen LogP contribution in [0.3, 0.4) is 0 Å². The summed E-state index contributed by atoms with van der Waals surface area (Å²) in [4.78, 5) is 16.2. The molecule has 6 heteroatoms. The minimum Gasteiger partial charge on any atom is -0.320 e. The van der Waals surface area contributed by atoms with Crippen LogP contribution in [0.25, 0.3) is 11.1 Å². The number of anilines is 1. The van der Waals surface area contributed by atoms with Gasteiger partial charge < -0.3 is 5.32 Å². The normalized spacial score (nSPS) is 11.2. The molecule has 0 spiro atoms. The first-order chi connectivity index (χ1) is 11.9. The highest BCUT2D eigenvalue weighted by atomic mass is 19.4. The van der Waals surface area contributed by atoms with Gasteiger partial charge in [-0.1, -0.05) is 36.4 Å². The monoisotopic (exact) mass is 342 g/mol. The lowest BCUT2D eigenvalue weighted by Gasteiger charge is -2.14. The van der Waals surface area contributed by atoms with E-state index in [9.17, 15) is 18.0 Å². The van der Waals surface area contributed by atoms with Crippen molar-refractivity contribution >= 4 is 11.6 Å². The molecular formula is C19H13F3N2O. The number of aromatic nitrogens is 1. The van der Waals surface area contributed by atoms with E-state index in [0.29, 0.717) is 11.1 Å². The fraction of sp³-hybridized carbons (Fsp3) is 0.0526.